The fraction of sp³-hybridized carbons (Fsp3) is 0.0417. The van der Waals surface area contributed by atoms with E-state index < -0.39 is 11.7 Å². The predicted octanol–water partition coefficient (Wildman–Crippen LogP) is 5.79. The Morgan fingerprint density at radius 2 is 1.97 bits per heavy atom. The summed E-state index contributed by atoms with van der Waals surface area (Å²) in [5, 5.41) is 1.49. The van der Waals surface area contributed by atoms with Crippen molar-refractivity contribution in [2.45, 2.75) is 6.54 Å². The topological polar surface area (TPSA) is 61.2 Å². The Bertz CT molecular complexity index is 1420. The van der Waals surface area contributed by atoms with Crippen molar-refractivity contribution in [2.75, 3.05) is 0 Å². The summed E-state index contributed by atoms with van der Waals surface area (Å²) in [4.78, 5) is 12.1. The van der Waals surface area contributed by atoms with Crippen molar-refractivity contribution in [3.63, 3.8) is 0 Å². The van der Waals surface area contributed by atoms with Crippen LogP contribution in [0.15, 0.2) is 71.3 Å². The van der Waals surface area contributed by atoms with Crippen molar-refractivity contribution >= 4 is 39.3 Å². The van der Waals surface area contributed by atoms with Gasteiger partial charge in [-0.15, -0.1) is 0 Å². The Labute approximate surface area is 176 Å². The minimum absolute atomic E-state index is 0.0638. The third-order valence-electron chi connectivity index (χ3n) is 5.23. The van der Waals surface area contributed by atoms with E-state index in [2.05, 4.69) is 6.07 Å². The first kappa shape index (κ1) is 18.5. The van der Waals surface area contributed by atoms with E-state index in [4.69, 9.17) is 21.8 Å². The first-order valence-electron chi connectivity index (χ1n) is 9.28. The normalized spacial score (nSPS) is 11.4. The van der Waals surface area contributed by atoms with Crippen LogP contribution in [0.3, 0.4) is 0 Å². The van der Waals surface area contributed by atoms with Crippen molar-refractivity contribution in [3.05, 3.63) is 95.0 Å². The summed E-state index contributed by atoms with van der Waals surface area (Å²) < 4.78 is 22.1. The molecule has 0 bridgehead atoms. The maximum Gasteiger partial charge on any atom is 0.249 e. The summed E-state index contributed by atoms with van der Waals surface area (Å²) in [5.74, 6) is -0.308. The lowest BCUT2D eigenvalue weighted by Crippen LogP contribution is -2.11. The second-order valence-corrected chi connectivity index (χ2v) is 7.40. The number of halogens is 2. The van der Waals surface area contributed by atoms with E-state index in [1.54, 1.807) is 30.5 Å². The Kier molecular flexibility index (Phi) is 4.33. The molecule has 2 aromatic heterocycles. The van der Waals surface area contributed by atoms with Gasteiger partial charge in [-0.05, 0) is 48.5 Å². The highest BCUT2D eigenvalue weighted by molar-refractivity contribution is 6.30. The molecule has 5 rings (SSSR count). The van der Waals surface area contributed by atoms with Gasteiger partial charge in [-0.2, -0.15) is 0 Å². The molecule has 0 saturated carbocycles. The molecule has 2 heterocycles. The lowest BCUT2D eigenvalue weighted by molar-refractivity contribution is 0.100. The van der Waals surface area contributed by atoms with Crippen LogP contribution in [0.4, 0.5) is 4.39 Å². The predicted molar refractivity (Wildman–Crippen MR) is 115 cm³/mol. The number of furan rings is 1. The third kappa shape index (κ3) is 2.86. The highest BCUT2D eigenvalue weighted by Gasteiger charge is 2.19. The molecule has 1 radical (unpaired) electrons. The summed E-state index contributed by atoms with van der Waals surface area (Å²) in [5.41, 5.74) is 8.83. The minimum atomic E-state index is -0.530. The number of carbonyl (C=O) groups is 1. The molecule has 0 saturated heterocycles. The lowest BCUT2D eigenvalue weighted by Gasteiger charge is -2.10. The van der Waals surface area contributed by atoms with Crippen molar-refractivity contribution in [1.82, 2.24) is 4.57 Å². The fourth-order valence-electron chi connectivity index (χ4n) is 3.86. The molecule has 0 unspecified atom stereocenters. The quantitative estimate of drug-likeness (QED) is 0.402. The van der Waals surface area contributed by atoms with Gasteiger partial charge in [0.25, 0.3) is 0 Å². The Balaban J connectivity index is 1.83. The number of aromatic nitrogens is 1. The molecule has 0 aliphatic rings. The molecule has 6 heteroatoms. The molecule has 1 amide bonds. The van der Waals surface area contributed by atoms with Crippen LogP contribution in [-0.4, -0.2) is 10.5 Å². The summed E-state index contributed by atoms with van der Waals surface area (Å²) in [6.45, 7) is 0.226. The molecule has 0 fully saturated rings. The monoisotopic (exact) mass is 417 g/mol. The molecule has 147 valence electrons. The largest absolute Gasteiger partial charge is 0.464 e. The van der Waals surface area contributed by atoms with Crippen molar-refractivity contribution in [1.29, 1.82) is 0 Å². The van der Waals surface area contributed by atoms with E-state index in [1.165, 1.54) is 6.07 Å². The smallest absolute Gasteiger partial charge is 0.249 e. The first-order valence-corrected chi connectivity index (χ1v) is 9.65. The van der Waals surface area contributed by atoms with Gasteiger partial charge < -0.3 is 14.7 Å². The van der Waals surface area contributed by atoms with Crippen molar-refractivity contribution < 1.29 is 13.6 Å². The summed E-state index contributed by atoms with van der Waals surface area (Å²) in [7, 11) is 0. The molecule has 0 spiro atoms. The van der Waals surface area contributed by atoms with Crippen LogP contribution in [0.25, 0.3) is 33.1 Å². The number of carbonyl (C=O) groups excluding carboxylic acids is 1. The Morgan fingerprint density at radius 3 is 2.73 bits per heavy atom. The van der Waals surface area contributed by atoms with Crippen molar-refractivity contribution in [3.8, 4) is 11.3 Å². The average molecular weight is 418 g/mol. The number of amides is 1. The first-order chi connectivity index (χ1) is 14.5. The van der Waals surface area contributed by atoms with E-state index >= 15 is 0 Å². The number of primary amides is 1. The molecule has 3 aromatic carbocycles. The van der Waals surface area contributed by atoms with Gasteiger partial charge >= 0.3 is 0 Å². The van der Waals surface area contributed by atoms with Gasteiger partial charge in [0.15, 0.2) is 0 Å². The van der Waals surface area contributed by atoms with Crippen LogP contribution in [0, 0.1) is 11.9 Å². The second-order valence-electron chi connectivity index (χ2n) is 6.99. The highest BCUT2D eigenvalue weighted by atomic mass is 35.5. The van der Waals surface area contributed by atoms with Crippen molar-refractivity contribution in [2.24, 2.45) is 5.73 Å². The van der Waals surface area contributed by atoms with Crippen LogP contribution in [0.1, 0.15) is 15.9 Å². The zero-order valence-electron chi connectivity index (χ0n) is 15.7. The number of benzene rings is 3. The van der Waals surface area contributed by atoms with Gasteiger partial charge in [0, 0.05) is 27.5 Å². The van der Waals surface area contributed by atoms with E-state index in [-0.39, 0.29) is 11.6 Å². The lowest BCUT2D eigenvalue weighted by atomic mass is 10.0. The second kappa shape index (κ2) is 7.04. The summed E-state index contributed by atoms with van der Waals surface area (Å²) >= 11 is 5.99. The molecule has 0 aliphatic carbocycles. The molecular formula is C24H15ClFN2O2. The number of hydrogen-bond acceptors (Lipinski definition) is 2. The van der Waals surface area contributed by atoms with Crippen LogP contribution in [0.5, 0.6) is 0 Å². The number of nitrogens with zero attached hydrogens (tertiary/aromatic N) is 1. The zero-order chi connectivity index (χ0) is 20.8. The molecular weight excluding hydrogens is 403 g/mol. The molecule has 4 nitrogen and oxygen atoms in total. The molecule has 2 N–H and O–H groups in total. The maximum atomic E-state index is 14.7. The Hall–Kier alpha value is -3.57. The van der Waals surface area contributed by atoms with Crippen LogP contribution in [0.2, 0.25) is 5.02 Å². The van der Waals surface area contributed by atoms with Gasteiger partial charge in [0.2, 0.25) is 5.91 Å². The Morgan fingerprint density at radius 1 is 1.13 bits per heavy atom. The average Bonchev–Trinajstić information content (AvgIpc) is 3.38. The van der Waals surface area contributed by atoms with E-state index in [0.717, 1.165) is 22.0 Å². The highest BCUT2D eigenvalue weighted by Crippen LogP contribution is 2.35. The molecule has 0 atom stereocenters. The fourth-order valence-corrected chi connectivity index (χ4v) is 4.05. The van der Waals surface area contributed by atoms with Crippen LogP contribution >= 0.6 is 11.6 Å². The zero-order valence-corrected chi connectivity index (χ0v) is 16.4. The van der Waals surface area contributed by atoms with Gasteiger partial charge in [-0.1, -0.05) is 29.8 Å². The number of nitrogens with two attached hydrogens (primary N) is 1. The SMILES string of the molecule is NC(=O)c1cccc2c1c1[c]cc(-c3ccco3)cc1n2Cc1cccc(Cl)c1F. The standard InChI is InChI=1S/C24H15ClFN2O2/c25-18-6-1-4-15(23(18)26)13-28-19-7-2-5-17(24(27)29)22(19)16-10-9-14(12-20(16)28)21-8-3-11-30-21/h1-9,11-12H,13H2,(H2,27,29). The maximum absolute atomic E-state index is 14.7. The van der Waals surface area contributed by atoms with E-state index in [9.17, 15) is 9.18 Å². The molecule has 0 aliphatic heterocycles. The number of rotatable bonds is 4. The van der Waals surface area contributed by atoms with Gasteiger partial charge in [0.05, 0.1) is 28.9 Å². The van der Waals surface area contributed by atoms with E-state index in [1.807, 2.05) is 34.9 Å². The third-order valence-corrected chi connectivity index (χ3v) is 5.52. The minimum Gasteiger partial charge on any atom is -0.464 e. The number of hydrogen-bond donors (Lipinski definition) is 1. The van der Waals surface area contributed by atoms with Gasteiger partial charge in [-0.25, -0.2) is 4.39 Å². The van der Waals surface area contributed by atoms with E-state index in [0.29, 0.717) is 22.3 Å². The summed E-state index contributed by atoms with van der Waals surface area (Å²) in [6.07, 6.45) is 1.60. The molecule has 5 aromatic rings. The molecule has 30 heavy (non-hydrogen) atoms. The van der Waals surface area contributed by atoms with Crippen LogP contribution in [-0.2, 0) is 6.54 Å². The van der Waals surface area contributed by atoms with Crippen LogP contribution < -0.4 is 5.73 Å². The number of fused-ring (bicyclic) bond motifs is 3. The van der Waals surface area contributed by atoms with Gasteiger partial charge in [-0.3, -0.25) is 4.79 Å². The van der Waals surface area contributed by atoms with Gasteiger partial charge in [0.1, 0.15) is 11.6 Å². The summed E-state index contributed by atoms with van der Waals surface area (Å²) in [6, 6.07) is 20.9.